The first-order valence-corrected chi connectivity index (χ1v) is 8.13. The van der Waals surface area contributed by atoms with Crippen molar-refractivity contribution in [2.75, 3.05) is 6.54 Å². The van der Waals surface area contributed by atoms with Crippen molar-refractivity contribution in [2.45, 2.75) is 26.9 Å². The summed E-state index contributed by atoms with van der Waals surface area (Å²) in [7, 11) is 0. The van der Waals surface area contributed by atoms with Crippen LogP contribution in [0.25, 0.3) is 11.5 Å². The molecule has 1 aromatic carbocycles. The molecule has 0 atom stereocenters. The Morgan fingerprint density at radius 1 is 1.19 bits per heavy atom. The van der Waals surface area contributed by atoms with Gasteiger partial charge in [0.05, 0.1) is 30.6 Å². The highest BCUT2D eigenvalue weighted by molar-refractivity contribution is 5.54. The van der Waals surface area contributed by atoms with Gasteiger partial charge < -0.3 is 8.83 Å². The van der Waals surface area contributed by atoms with Crippen molar-refractivity contribution in [1.29, 1.82) is 0 Å². The van der Waals surface area contributed by atoms with Crippen LogP contribution in [0, 0.1) is 30.4 Å². The first-order chi connectivity index (χ1) is 12.6. The predicted octanol–water partition coefficient (Wildman–Crippen LogP) is 4.55. The van der Waals surface area contributed by atoms with Crippen LogP contribution in [0.3, 0.4) is 0 Å². The smallest absolute Gasteiger partial charge is 0.229 e. The van der Waals surface area contributed by atoms with E-state index >= 15 is 0 Å². The third kappa shape index (κ3) is 4.19. The molecule has 6 heteroatoms. The monoisotopic (exact) mass is 356 g/mol. The molecule has 2 aromatic heterocycles. The van der Waals surface area contributed by atoms with Crippen LogP contribution in [0.4, 0.5) is 8.78 Å². The summed E-state index contributed by atoms with van der Waals surface area (Å²) in [6.07, 6.45) is 1.62. The Hall–Kier alpha value is -2.91. The van der Waals surface area contributed by atoms with Gasteiger partial charge in [-0.2, -0.15) is 0 Å². The number of benzene rings is 1. The van der Waals surface area contributed by atoms with Crippen molar-refractivity contribution in [3.63, 3.8) is 0 Å². The molecule has 4 nitrogen and oxygen atoms in total. The Bertz CT molecular complexity index is 937. The van der Waals surface area contributed by atoms with Gasteiger partial charge in [0.2, 0.25) is 5.89 Å². The Kier molecular flexibility index (Phi) is 5.49. The van der Waals surface area contributed by atoms with Crippen molar-refractivity contribution in [3.05, 3.63) is 65.4 Å². The summed E-state index contributed by atoms with van der Waals surface area (Å²) in [5.74, 6) is 6.19. The number of nitrogens with zero attached hydrogens (tertiary/aromatic N) is 2. The lowest BCUT2D eigenvalue weighted by Gasteiger charge is -2.17. The third-order valence-electron chi connectivity index (χ3n) is 3.86. The van der Waals surface area contributed by atoms with Crippen molar-refractivity contribution >= 4 is 0 Å². The summed E-state index contributed by atoms with van der Waals surface area (Å²) in [6.45, 7) is 5.04. The Morgan fingerprint density at radius 2 is 2.04 bits per heavy atom. The fraction of sp³-hybridized carbons (Fsp3) is 0.250. The molecular weight excluding hydrogens is 338 g/mol. The molecule has 2 heterocycles. The molecule has 0 aliphatic heterocycles. The van der Waals surface area contributed by atoms with Gasteiger partial charge in [0.25, 0.3) is 0 Å². The number of hydrogen-bond acceptors (Lipinski definition) is 4. The molecule has 0 fully saturated rings. The standard InChI is InChI=1S/C20H18F2N2O2/c1-3-4-9-24(12-16-6-5-10-25-16)13-19-14(2)26-20(23-19)17-11-15(21)7-8-18(17)22/h5-8,10-11H,9,12-13H2,1-2H3. The van der Waals surface area contributed by atoms with Crippen molar-refractivity contribution < 1.29 is 17.6 Å². The lowest BCUT2D eigenvalue weighted by Crippen LogP contribution is -2.23. The summed E-state index contributed by atoms with van der Waals surface area (Å²) in [4.78, 5) is 6.40. The van der Waals surface area contributed by atoms with Gasteiger partial charge in [0.15, 0.2) is 0 Å². The molecular formula is C20H18F2N2O2. The minimum Gasteiger partial charge on any atom is -0.468 e. The number of aromatic nitrogens is 1. The zero-order valence-corrected chi connectivity index (χ0v) is 14.6. The average molecular weight is 356 g/mol. The number of aryl methyl sites for hydroxylation is 1. The van der Waals surface area contributed by atoms with Gasteiger partial charge in [-0.25, -0.2) is 13.8 Å². The quantitative estimate of drug-likeness (QED) is 0.608. The Morgan fingerprint density at radius 3 is 2.77 bits per heavy atom. The molecule has 0 saturated carbocycles. The first kappa shape index (κ1) is 17.9. The molecule has 0 bridgehead atoms. The van der Waals surface area contributed by atoms with E-state index in [0.29, 0.717) is 31.1 Å². The molecule has 3 aromatic rings. The second kappa shape index (κ2) is 7.98. The van der Waals surface area contributed by atoms with Crippen molar-refractivity contribution in [1.82, 2.24) is 9.88 Å². The molecule has 0 radical (unpaired) electrons. The summed E-state index contributed by atoms with van der Waals surface area (Å²) in [6, 6.07) is 6.91. The van der Waals surface area contributed by atoms with E-state index in [1.54, 1.807) is 20.1 Å². The lowest BCUT2D eigenvalue weighted by atomic mass is 10.2. The lowest BCUT2D eigenvalue weighted by molar-refractivity contribution is 0.260. The summed E-state index contributed by atoms with van der Waals surface area (Å²) >= 11 is 0. The average Bonchev–Trinajstić information content (AvgIpc) is 3.25. The fourth-order valence-electron chi connectivity index (χ4n) is 2.54. The minimum absolute atomic E-state index is 0.00489. The number of rotatable bonds is 6. The van der Waals surface area contributed by atoms with Crippen LogP contribution < -0.4 is 0 Å². The Balaban J connectivity index is 1.84. The highest BCUT2D eigenvalue weighted by Gasteiger charge is 2.18. The van der Waals surface area contributed by atoms with E-state index in [9.17, 15) is 8.78 Å². The topological polar surface area (TPSA) is 42.4 Å². The third-order valence-corrected chi connectivity index (χ3v) is 3.86. The van der Waals surface area contributed by atoms with E-state index in [1.165, 1.54) is 0 Å². The van der Waals surface area contributed by atoms with E-state index < -0.39 is 11.6 Å². The van der Waals surface area contributed by atoms with Gasteiger partial charge in [-0.15, -0.1) is 5.92 Å². The maximum Gasteiger partial charge on any atom is 0.229 e. The molecule has 134 valence electrons. The van der Waals surface area contributed by atoms with E-state index in [4.69, 9.17) is 8.83 Å². The molecule has 0 amide bonds. The summed E-state index contributed by atoms with van der Waals surface area (Å²) < 4.78 is 38.4. The molecule has 26 heavy (non-hydrogen) atoms. The zero-order valence-electron chi connectivity index (χ0n) is 14.6. The molecule has 0 spiro atoms. The number of furan rings is 1. The SMILES string of the molecule is CC#CCN(Cc1ccco1)Cc1nc(-c2cc(F)ccc2F)oc1C. The number of hydrogen-bond donors (Lipinski definition) is 0. The van der Waals surface area contributed by atoms with Crippen molar-refractivity contribution in [2.24, 2.45) is 0 Å². The Labute approximate surface area is 150 Å². The van der Waals surface area contributed by atoms with Crippen LogP contribution in [-0.4, -0.2) is 16.4 Å². The van der Waals surface area contributed by atoms with E-state index in [0.717, 1.165) is 24.0 Å². The van der Waals surface area contributed by atoms with E-state index in [2.05, 4.69) is 16.8 Å². The van der Waals surface area contributed by atoms with Gasteiger partial charge >= 0.3 is 0 Å². The predicted molar refractivity (Wildman–Crippen MR) is 92.9 cm³/mol. The molecule has 0 unspecified atom stereocenters. The van der Waals surface area contributed by atoms with Crippen LogP contribution in [-0.2, 0) is 13.1 Å². The van der Waals surface area contributed by atoms with Gasteiger partial charge in [0.1, 0.15) is 23.2 Å². The maximum atomic E-state index is 14.0. The second-order valence-corrected chi connectivity index (χ2v) is 5.80. The number of oxazole rings is 1. The summed E-state index contributed by atoms with van der Waals surface area (Å²) in [5.41, 5.74) is 0.651. The maximum absolute atomic E-state index is 14.0. The second-order valence-electron chi connectivity index (χ2n) is 5.80. The highest BCUT2D eigenvalue weighted by atomic mass is 19.1. The molecule has 0 aliphatic carbocycles. The fourth-order valence-corrected chi connectivity index (χ4v) is 2.54. The first-order valence-electron chi connectivity index (χ1n) is 8.13. The van der Waals surface area contributed by atoms with Crippen LogP contribution in [0.2, 0.25) is 0 Å². The minimum atomic E-state index is -0.580. The van der Waals surface area contributed by atoms with Gasteiger partial charge in [-0.05, 0) is 44.2 Å². The molecule has 0 saturated heterocycles. The van der Waals surface area contributed by atoms with Crippen molar-refractivity contribution in [3.8, 4) is 23.3 Å². The normalized spacial score (nSPS) is 10.8. The van der Waals surface area contributed by atoms with E-state index in [-0.39, 0.29) is 11.5 Å². The van der Waals surface area contributed by atoms with Crippen LogP contribution in [0.15, 0.2) is 45.4 Å². The van der Waals surface area contributed by atoms with Gasteiger partial charge in [-0.1, -0.05) is 5.92 Å². The molecule has 3 rings (SSSR count). The molecule has 0 N–H and O–H groups in total. The molecule has 0 aliphatic rings. The highest BCUT2D eigenvalue weighted by Crippen LogP contribution is 2.26. The van der Waals surface area contributed by atoms with Gasteiger partial charge in [-0.3, -0.25) is 4.90 Å². The van der Waals surface area contributed by atoms with Crippen LogP contribution in [0.1, 0.15) is 24.1 Å². The summed E-state index contributed by atoms with van der Waals surface area (Å²) in [5, 5.41) is 0. The van der Waals surface area contributed by atoms with Crippen LogP contribution >= 0.6 is 0 Å². The van der Waals surface area contributed by atoms with E-state index in [1.807, 2.05) is 17.0 Å². The largest absolute Gasteiger partial charge is 0.468 e. The number of halogens is 2. The zero-order chi connectivity index (χ0) is 18.5. The van der Waals surface area contributed by atoms with Crippen LogP contribution in [0.5, 0.6) is 0 Å². The van der Waals surface area contributed by atoms with Gasteiger partial charge in [0, 0.05) is 6.54 Å².